The Hall–Kier alpha value is -1.64. The summed E-state index contributed by atoms with van der Waals surface area (Å²) in [6.07, 6.45) is 0. The molecule has 0 heterocycles. The summed E-state index contributed by atoms with van der Waals surface area (Å²) < 4.78 is 0. The van der Waals surface area contributed by atoms with Crippen molar-refractivity contribution in [2.24, 2.45) is 5.92 Å². The number of aliphatic hydroxyl groups excluding tert-OH is 1. The van der Waals surface area contributed by atoms with E-state index in [1.165, 1.54) is 11.1 Å². The molecule has 2 aromatic carbocycles. The van der Waals surface area contributed by atoms with E-state index in [0.717, 1.165) is 6.54 Å². The predicted octanol–water partition coefficient (Wildman–Crippen LogP) is 3.43. The van der Waals surface area contributed by atoms with Crippen molar-refractivity contribution < 1.29 is 5.11 Å². The van der Waals surface area contributed by atoms with Crippen LogP contribution in [0.25, 0.3) is 0 Å². The van der Waals surface area contributed by atoms with Gasteiger partial charge in [0.15, 0.2) is 0 Å². The van der Waals surface area contributed by atoms with E-state index in [1.807, 2.05) is 12.1 Å². The van der Waals surface area contributed by atoms with Gasteiger partial charge in [-0.25, -0.2) is 0 Å². The van der Waals surface area contributed by atoms with E-state index in [0.29, 0.717) is 11.8 Å². The number of hydrogen-bond donors (Lipinski definition) is 2. The number of rotatable bonds is 7. The molecule has 0 saturated heterocycles. The molecule has 0 aliphatic carbocycles. The molecule has 0 spiro atoms. The van der Waals surface area contributed by atoms with Crippen molar-refractivity contribution in [2.75, 3.05) is 13.2 Å². The molecule has 1 atom stereocenters. The Morgan fingerprint density at radius 1 is 0.857 bits per heavy atom. The topological polar surface area (TPSA) is 32.3 Å². The van der Waals surface area contributed by atoms with Gasteiger partial charge in [0.05, 0.1) is 6.61 Å². The van der Waals surface area contributed by atoms with Gasteiger partial charge in [-0.3, -0.25) is 0 Å². The second kappa shape index (κ2) is 7.96. The van der Waals surface area contributed by atoms with Crippen LogP contribution in [0.5, 0.6) is 0 Å². The first kappa shape index (κ1) is 15.7. The van der Waals surface area contributed by atoms with Crippen molar-refractivity contribution in [2.45, 2.75) is 25.8 Å². The number of nitrogens with one attached hydrogen (secondary N) is 1. The number of benzene rings is 2. The third-order valence-electron chi connectivity index (χ3n) is 3.99. The Labute approximate surface area is 127 Å². The Morgan fingerprint density at radius 2 is 1.33 bits per heavy atom. The van der Waals surface area contributed by atoms with Gasteiger partial charge in [-0.1, -0.05) is 74.5 Å². The van der Waals surface area contributed by atoms with Gasteiger partial charge in [-0.15, -0.1) is 0 Å². The van der Waals surface area contributed by atoms with Crippen molar-refractivity contribution in [1.82, 2.24) is 5.32 Å². The van der Waals surface area contributed by atoms with Crippen LogP contribution in [0, 0.1) is 5.92 Å². The smallest absolute Gasteiger partial charge is 0.0587 e. The molecule has 2 N–H and O–H groups in total. The second-order valence-corrected chi connectivity index (χ2v) is 5.82. The van der Waals surface area contributed by atoms with Gasteiger partial charge in [-0.2, -0.15) is 0 Å². The number of hydrogen-bond acceptors (Lipinski definition) is 2. The first-order valence-corrected chi connectivity index (χ1v) is 7.66. The van der Waals surface area contributed by atoms with Crippen molar-refractivity contribution >= 4 is 0 Å². The maximum absolute atomic E-state index is 9.49. The van der Waals surface area contributed by atoms with Gasteiger partial charge in [0.2, 0.25) is 0 Å². The molecule has 0 fully saturated rings. The van der Waals surface area contributed by atoms with Crippen LogP contribution in [0.4, 0.5) is 0 Å². The first-order chi connectivity index (χ1) is 10.2. The van der Waals surface area contributed by atoms with Gasteiger partial charge >= 0.3 is 0 Å². The van der Waals surface area contributed by atoms with Crippen LogP contribution in [-0.4, -0.2) is 24.3 Å². The van der Waals surface area contributed by atoms with Crippen molar-refractivity contribution in [3.05, 3.63) is 71.8 Å². The predicted molar refractivity (Wildman–Crippen MR) is 88.4 cm³/mol. The quantitative estimate of drug-likeness (QED) is 0.816. The summed E-state index contributed by atoms with van der Waals surface area (Å²) in [6.45, 7) is 5.27. The highest BCUT2D eigenvalue weighted by atomic mass is 16.3. The largest absolute Gasteiger partial charge is 0.395 e. The monoisotopic (exact) mass is 283 g/mol. The van der Waals surface area contributed by atoms with Gasteiger partial charge in [0, 0.05) is 18.5 Å². The van der Waals surface area contributed by atoms with E-state index in [4.69, 9.17) is 0 Å². The molecule has 0 saturated carbocycles. The Morgan fingerprint density at radius 3 is 1.71 bits per heavy atom. The molecular formula is C19H25NO. The van der Waals surface area contributed by atoms with Crippen LogP contribution in [0.15, 0.2) is 60.7 Å². The van der Waals surface area contributed by atoms with Crippen LogP contribution in [-0.2, 0) is 0 Å². The van der Waals surface area contributed by atoms with Crippen molar-refractivity contribution in [3.63, 3.8) is 0 Å². The highest BCUT2D eigenvalue weighted by Gasteiger charge is 2.17. The van der Waals surface area contributed by atoms with E-state index in [9.17, 15) is 5.11 Å². The van der Waals surface area contributed by atoms with Gasteiger partial charge in [0.1, 0.15) is 0 Å². The average molecular weight is 283 g/mol. The van der Waals surface area contributed by atoms with Crippen molar-refractivity contribution in [1.29, 1.82) is 0 Å². The summed E-state index contributed by atoms with van der Waals surface area (Å²) in [7, 11) is 0. The molecule has 0 amide bonds. The van der Waals surface area contributed by atoms with E-state index < -0.39 is 0 Å². The van der Waals surface area contributed by atoms with Crippen molar-refractivity contribution in [3.8, 4) is 0 Å². The van der Waals surface area contributed by atoms with Crippen LogP contribution >= 0.6 is 0 Å². The molecule has 1 unspecified atom stereocenters. The SMILES string of the molecule is CC(C)C(CO)NCC(c1ccccc1)c1ccccc1. The average Bonchev–Trinajstić information content (AvgIpc) is 2.53. The molecule has 2 rings (SSSR count). The highest BCUT2D eigenvalue weighted by molar-refractivity contribution is 5.32. The first-order valence-electron chi connectivity index (χ1n) is 7.66. The maximum Gasteiger partial charge on any atom is 0.0587 e. The molecule has 2 nitrogen and oxygen atoms in total. The van der Waals surface area contributed by atoms with Crippen LogP contribution in [0.3, 0.4) is 0 Å². The molecule has 2 aromatic rings. The lowest BCUT2D eigenvalue weighted by Crippen LogP contribution is -2.39. The summed E-state index contributed by atoms with van der Waals surface area (Å²) >= 11 is 0. The maximum atomic E-state index is 9.49. The Balaban J connectivity index is 2.17. The molecule has 0 aliphatic heterocycles. The number of aliphatic hydroxyl groups is 1. The normalized spacial score (nSPS) is 12.8. The zero-order valence-corrected chi connectivity index (χ0v) is 12.9. The fraction of sp³-hybridized carbons (Fsp3) is 0.368. The zero-order valence-electron chi connectivity index (χ0n) is 12.9. The third-order valence-corrected chi connectivity index (χ3v) is 3.99. The highest BCUT2D eigenvalue weighted by Crippen LogP contribution is 2.24. The Kier molecular flexibility index (Phi) is 5.97. The minimum atomic E-state index is 0.139. The zero-order chi connectivity index (χ0) is 15.1. The van der Waals surface area contributed by atoms with Gasteiger partial charge < -0.3 is 10.4 Å². The lowest BCUT2D eigenvalue weighted by molar-refractivity contribution is 0.210. The molecule has 0 aliphatic rings. The lowest BCUT2D eigenvalue weighted by Gasteiger charge is -2.25. The molecule has 0 aromatic heterocycles. The summed E-state index contributed by atoms with van der Waals surface area (Å²) in [5.41, 5.74) is 2.60. The molecular weight excluding hydrogens is 258 g/mol. The fourth-order valence-corrected chi connectivity index (χ4v) is 2.58. The molecule has 2 heteroatoms. The van der Waals surface area contributed by atoms with Gasteiger partial charge in [-0.05, 0) is 17.0 Å². The van der Waals surface area contributed by atoms with Crippen LogP contribution < -0.4 is 5.32 Å². The molecule has 0 bridgehead atoms. The summed E-state index contributed by atoms with van der Waals surface area (Å²) in [4.78, 5) is 0. The standard InChI is InChI=1S/C19H25NO/c1-15(2)19(14-21)20-13-18(16-9-5-3-6-10-16)17-11-7-4-8-12-17/h3-12,15,18-21H,13-14H2,1-2H3. The van der Waals surface area contributed by atoms with E-state index in [1.54, 1.807) is 0 Å². The van der Waals surface area contributed by atoms with E-state index >= 15 is 0 Å². The lowest BCUT2D eigenvalue weighted by atomic mass is 9.90. The summed E-state index contributed by atoms with van der Waals surface area (Å²) in [6, 6.07) is 21.2. The van der Waals surface area contributed by atoms with E-state index in [-0.39, 0.29) is 12.6 Å². The molecule has 112 valence electrons. The minimum Gasteiger partial charge on any atom is -0.395 e. The minimum absolute atomic E-state index is 0.139. The third kappa shape index (κ3) is 4.42. The van der Waals surface area contributed by atoms with Gasteiger partial charge in [0.25, 0.3) is 0 Å². The van der Waals surface area contributed by atoms with Crippen LogP contribution in [0.1, 0.15) is 30.9 Å². The summed E-state index contributed by atoms with van der Waals surface area (Å²) in [5.74, 6) is 0.724. The van der Waals surface area contributed by atoms with Crippen LogP contribution in [0.2, 0.25) is 0 Å². The Bertz CT molecular complexity index is 470. The second-order valence-electron chi connectivity index (χ2n) is 5.82. The fourth-order valence-electron chi connectivity index (χ4n) is 2.58. The molecule has 0 radical (unpaired) electrons. The summed E-state index contributed by atoms with van der Waals surface area (Å²) in [5, 5.41) is 13.0. The van der Waals surface area contributed by atoms with E-state index in [2.05, 4.69) is 67.7 Å². The molecule has 21 heavy (non-hydrogen) atoms.